The van der Waals surface area contributed by atoms with Crippen LogP contribution in [0.2, 0.25) is 0 Å². The smallest absolute Gasteiger partial charge is 0.246 e. The van der Waals surface area contributed by atoms with Crippen LogP contribution in [0.1, 0.15) is 6.92 Å². The number of H-pyrrole nitrogens is 1. The SMILES string of the molecule is C#CCOc1nc(NCC)nc2nc[nH]c12. The number of hydrogen-bond acceptors (Lipinski definition) is 5. The van der Waals surface area contributed by atoms with Gasteiger partial charge in [-0.15, -0.1) is 6.42 Å². The Hall–Kier alpha value is -2.29. The third-order valence-electron chi connectivity index (χ3n) is 1.88. The molecule has 0 aliphatic rings. The molecule has 0 unspecified atom stereocenters. The fourth-order valence-electron chi connectivity index (χ4n) is 1.26. The zero-order valence-corrected chi connectivity index (χ0v) is 8.82. The van der Waals surface area contributed by atoms with Gasteiger partial charge in [-0.2, -0.15) is 9.97 Å². The number of nitrogens with zero attached hydrogens (tertiary/aromatic N) is 3. The van der Waals surface area contributed by atoms with E-state index in [1.165, 1.54) is 6.33 Å². The molecule has 0 bridgehead atoms. The van der Waals surface area contributed by atoms with Crippen molar-refractivity contribution >= 4 is 17.1 Å². The average Bonchev–Trinajstić information content (AvgIpc) is 2.74. The van der Waals surface area contributed by atoms with E-state index in [-0.39, 0.29) is 6.61 Å². The van der Waals surface area contributed by atoms with Crippen molar-refractivity contribution in [3.05, 3.63) is 6.33 Å². The van der Waals surface area contributed by atoms with E-state index in [4.69, 9.17) is 11.2 Å². The molecule has 0 aliphatic carbocycles. The van der Waals surface area contributed by atoms with Crippen LogP contribution >= 0.6 is 0 Å². The summed E-state index contributed by atoms with van der Waals surface area (Å²) in [4.78, 5) is 15.3. The highest BCUT2D eigenvalue weighted by Gasteiger charge is 2.10. The van der Waals surface area contributed by atoms with Crippen molar-refractivity contribution in [2.24, 2.45) is 0 Å². The first-order valence-electron chi connectivity index (χ1n) is 4.86. The molecule has 2 aromatic rings. The van der Waals surface area contributed by atoms with Gasteiger partial charge in [0.25, 0.3) is 0 Å². The number of aromatic amines is 1. The summed E-state index contributed by atoms with van der Waals surface area (Å²) in [7, 11) is 0. The summed E-state index contributed by atoms with van der Waals surface area (Å²) in [5.74, 6) is 3.28. The van der Waals surface area contributed by atoms with Crippen LogP contribution in [0.15, 0.2) is 6.33 Å². The molecule has 0 saturated carbocycles. The standard InChI is InChI=1S/C10H11N5O/c1-3-5-16-9-7-8(13-6-12-7)14-10(15-9)11-4-2/h1,6H,4-5H2,2H3,(H2,11,12,13,14,15). The second kappa shape index (κ2) is 4.49. The van der Waals surface area contributed by atoms with Crippen LogP contribution in [-0.2, 0) is 0 Å². The number of fused-ring (bicyclic) bond motifs is 1. The van der Waals surface area contributed by atoms with E-state index in [2.05, 4.69) is 31.2 Å². The maximum absolute atomic E-state index is 5.32. The lowest BCUT2D eigenvalue weighted by molar-refractivity contribution is 0.359. The first-order valence-corrected chi connectivity index (χ1v) is 4.86. The second-order valence-corrected chi connectivity index (χ2v) is 2.98. The molecule has 2 aromatic heterocycles. The molecule has 0 amide bonds. The van der Waals surface area contributed by atoms with Crippen LogP contribution in [0.25, 0.3) is 11.2 Å². The Bertz CT molecular complexity index is 527. The summed E-state index contributed by atoms with van der Waals surface area (Å²) in [5, 5.41) is 3.00. The Balaban J connectivity index is 2.42. The van der Waals surface area contributed by atoms with Gasteiger partial charge in [0.15, 0.2) is 12.3 Å². The molecule has 2 rings (SSSR count). The maximum atomic E-state index is 5.32. The second-order valence-electron chi connectivity index (χ2n) is 2.98. The van der Waals surface area contributed by atoms with E-state index < -0.39 is 0 Å². The summed E-state index contributed by atoms with van der Waals surface area (Å²) < 4.78 is 5.32. The third-order valence-corrected chi connectivity index (χ3v) is 1.88. The molecule has 0 radical (unpaired) electrons. The molecular weight excluding hydrogens is 206 g/mol. The lowest BCUT2D eigenvalue weighted by atomic mass is 10.5. The fourth-order valence-corrected chi connectivity index (χ4v) is 1.26. The van der Waals surface area contributed by atoms with Crippen LogP contribution in [-0.4, -0.2) is 33.1 Å². The number of aromatic nitrogens is 4. The summed E-state index contributed by atoms with van der Waals surface area (Å²) in [6, 6.07) is 0. The molecule has 0 aromatic carbocycles. The van der Waals surface area contributed by atoms with Gasteiger partial charge in [0.05, 0.1) is 6.33 Å². The summed E-state index contributed by atoms with van der Waals surface area (Å²) in [6.07, 6.45) is 6.67. The monoisotopic (exact) mass is 217 g/mol. The molecule has 0 saturated heterocycles. The van der Waals surface area contributed by atoms with Crippen molar-refractivity contribution in [3.63, 3.8) is 0 Å². The Labute approximate surface area is 92.5 Å². The van der Waals surface area contributed by atoms with E-state index in [0.717, 1.165) is 6.54 Å². The molecule has 2 N–H and O–H groups in total. The Morgan fingerprint density at radius 1 is 1.56 bits per heavy atom. The minimum atomic E-state index is 0.163. The number of ether oxygens (including phenoxy) is 1. The maximum Gasteiger partial charge on any atom is 0.246 e. The Morgan fingerprint density at radius 2 is 2.44 bits per heavy atom. The fraction of sp³-hybridized carbons (Fsp3) is 0.300. The number of anilines is 1. The van der Waals surface area contributed by atoms with Crippen molar-refractivity contribution in [2.45, 2.75) is 6.92 Å². The molecule has 16 heavy (non-hydrogen) atoms. The molecule has 2 heterocycles. The first-order chi connectivity index (χ1) is 7.85. The molecule has 0 spiro atoms. The predicted octanol–water partition coefficient (Wildman–Crippen LogP) is 0.797. The zero-order valence-electron chi connectivity index (χ0n) is 8.82. The number of terminal acetylenes is 1. The minimum Gasteiger partial charge on any atom is -0.463 e. The molecule has 82 valence electrons. The summed E-state index contributed by atoms with van der Waals surface area (Å²) >= 11 is 0. The van der Waals surface area contributed by atoms with Gasteiger partial charge in [-0.25, -0.2) is 4.98 Å². The topological polar surface area (TPSA) is 75.7 Å². The Morgan fingerprint density at radius 3 is 3.19 bits per heavy atom. The molecule has 6 heteroatoms. The van der Waals surface area contributed by atoms with Gasteiger partial charge in [0.2, 0.25) is 11.8 Å². The first kappa shape index (κ1) is 10.2. The van der Waals surface area contributed by atoms with E-state index in [9.17, 15) is 0 Å². The van der Waals surface area contributed by atoms with E-state index in [1.807, 2.05) is 6.92 Å². The lowest BCUT2D eigenvalue weighted by Gasteiger charge is -2.05. The van der Waals surface area contributed by atoms with Gasteiger partial charge < -0.3 is 15.0 Å². The number of hydrogen-bond donors (Lipinski definition) is 2. The predicted molar refractivity (Wildman–Crippen MR) is 60.2 cm³/mol. The number of imidazole rings is 1. The highest BCUT2D eigenvalue weighted by molar-refractivity contribution is 5.76. The van der Waals surface area contributed by atoms with Gasteiger partial charge in [0, 0.05) is 6.54 Å². The molecule has 0 atom stereocenters. The third kappa shape index (κ3) is 1.88. The van der Waals surface area contributed by atoms with Gasteiger partial charge in [-0.05, 0) is 6.92 Å². The highest BCUT2D eigenvalue weighted by atomic mass is 16.5. The van der Waals surface area contributed by atoms with Gasteiger partial charge >= 0.3 is 0 Å². The largest absolute Gasteiger partial charge is 0.463 e. The van der Waals surface area contributed by atoms with Crippen molar-refractivity contribution < 1.29 is 4.74 Å². The summed E-state index contributed by atoms with van der Waals surface area (Å²) in [6.45, 7) is 2.85. The zero-order chi connectivity index (χ0) is 11.4. The van der Waals surface area contributed by atoms with E-state index in [0.29, 0.717) is 23.0 Å². The van der Waals surface area contributed by atoms with Crippen molar-refractivity contribution in [2.75, 3.05) is 18.5 Å². The molecule has 6 nitrogen and oxygen atoms in total. The average molecular weight is 217 g/mol. The van der Waals surface area contributed by atoms with Crippen molar-refractivity contribution in [3.8, 4) is 18.2 Å². The summed E-state index contributed by atoms with van der Waals surface area (Å²) in [5.41, 5.74) is 1.20. The Kier molecular flexibility index (Phi) is 2.87. The molecule has 0 fully saturated rings. The lowest BCUT2D eigenvalue weighted by Crippen LogP contribution is -2.05. The van der Waals surface area contributed by atoms with Crippen molar-refractivity contribution in [1.29, 1.82) is 0 Å². The minimum absolute atomic E-state index is 0.163. The quantitative estimate of drug-likeness (QED) is 0.741. The van der Waals surface area contributed by atoms with Gasteiger partial charge in [-0.3, -0.25) is 0 Å². The van der Waals surface area contributed by atoms with Gasteiger partial charge in [0.1, 0.15) is 5.52 Å². The van der Waals surface area contributed by atoms with Crippen LogP contribution in [0, 0.1) is 12.3 Å². The normalized spacial score (nSPS) is 10.0. The van der Waals surface area contributed by atoms with E-state index >= 15 is 0 Å². The van der Waals surface area contributed by atoms with Gasteiger partial charge in [-0.1, -0.05) is 5.92 Å². The van der Waals surface area contributed by atoms with Crippen molar-refractivity contribution in [1.82, 2.24) is 19.9 Å². The molecule has 0 aliphatic heterocycles. The number of rotatable bonds is 4. The van der Waals surface area contributed by atoms with E-state index in [1.54, 1.807) is 0 Å². The van der Waals surface area contributed by atoms with Crippen LogP contribution < -0.4 is 10.1 Å². The molecular formula is C10H11N5O. The van der Waals surface area contributed by atoms with Crippen LogP contribution in [0.3, 0.4) is 0 Å². The van der Waals surface area contributed by atoms with Crippen LogP contribution in [0.5, 0.6) is 5.88 Å². The van der Waals surface area contributed by atoms with Crippen LogP contribution in [0.4, 0.5) is 5.95 Å². The number of nitrogens with one attached hydrogen (secondary N) is 2. The highest BCUT2D eigenvalue weighted by Crippen LogP contribution is 2.20.